The fourth-order valence-electron chi connectivity index (χ4n) is 7.35. The van der Waals surface area contributed by atoms with Crippen LogP contribution in [0.3, 0.4) is 0 Å². The quantitative estimate of drug-likeness (QED) is 0.142. The minimum absolute atomic E-state index is 0.389. The Hall–Kier alpha value is -4.75. The highest BCUT2D eigenvalue weighted by Gasteiger charge is 2.51. The standard InChI is InChI=1S/C41H31BN2O2S/c1-40(2)41(3,4)46-42(45-40)29-17-13-25(14-18-29)34-23-32-36-30-12-8-7-9-24(30)16-20-35(36)47-38(32)39-43-37-31-22-27-11-6-5-10-26(27)21-28(31)15-19-33(37)44(34)39/h5-23H,1-4H3. The van der Waals surface area contributed by atoms with Gasteiger partial charge < -0.3 is 9.31 Å². The van der Waals surface area contributed by atoms with Gasteiger partial charge in [0.15, 0.2) is 5.65 Å². The van der Waals surface area contributed by atoms with Crippen LogP contribution in [0, 0.1) is 0 Å². The number of fused-ring (bicyclic) bond motifs is 12. The van der Waals surface area contributed by atoms with E-state index in [1.165, 1.54) is 52.5 Å². The maximum atomic E-state index is 6.38. The second-order valence-electron chi connectivity index (χ2n) is 13.9. The Balaban J connectivity index is 1.27. The van der Waals surface area contributed by atoms with Gasteiger partial charge in [0.1, 0.15) is 0 Å². The molecule has 1 aliphatic rings. The lowest BCUT2D eigenvalue weighted by molar-refractivity contribution is 0.00578. The molecule has 0 atom stereocenters. The fourth-order valence-corrected chi connectivity index (χ4v) is 8.53. The molecule has 4 heterocycles. The van der Waals surface area contributed by atoms with Crippen LogP contribution >= 0.6 is 11.3 Å². The Bertz CT molecular complexity index is 2740. The second kappa shape index (κ2) is 9.42. The first-order chi connectivity index (χ1) is 22.8. The molecule has 0 bridgehead atoms. The van der Waals surface area contributed by atoms with Gasteiger partial charge in [-0.25, -0.2) is 4.98 Å². The van der Waals surface area contributed by atoms with E-state index >= 15 is 0 Å². The molecule has 0 aliphatic carbocycles. The first kappa shape index (κ1) is 27.4. The maximum Gasteiger partial charge on any atom is 0.494 e. The molecule has 4 nitrogen and oxygen atoms in total. The highest BCUT2D eigenvalue weighted by atomic mass is 32.1. The minimum Gasteiger partial charge on any atom is -0.399 e. The van der Waals surface area contributed by atoms with Crippen molar-refractivity contribution in [3.63, 3.8) is 0 Å². The van der Waals surface area contributed by atoms with Crippen molar-refractivity contribution in [1.82, 2.24) is 9.38 Å². The number of nitrogens with zero attached hydrogens (tertiary/aromatic N) is 2. The van der Waals surface area contributed by atoms with Gasteiger partial charge in [0.25, 0.3) is 0 Å². The Morgan fingerprint density at radius 3 is 2.09 bits per heavy atom. The summed E-state index contributed by atoms with van der Waals surface area (Å²) in [6.45, 7) is 8.38. The van der Waals surface area contributed by atoms with Crippen LogP contribution in [0.4, 0.5) is 0 Å². The number of benzene rings is 6. The van der Waals surface area contributed by atoms with Crippen molar-refractivity contribution < 1.29 is 9.31 Å². The van der Waals surface area contributed by atoms with E-state index in [0.717, 1.165) is 33.4 Å². The van der Waals surface area contributed by atoms with Crippen molar-refractivity contribution in [3.8, 4) is 11.3 Å². The summed E-state index contributed by atoms with van der Waals surface area (Å²) in [5, 5.41) is 9.90. The molecule has 0 saturated carbocycles. The van der Waals surface area contributed by atoms with E-state index in [1.54, 1.807) is 0 Å². The van der Waals surface area contributed by atoms with E-state index in [1.807, 2.05) is 11.3 Å². The third kappa shape index (κ3) is 3.86. The van der Waals surface area contributed by atoms with Gasteiger partial charge in [-0.1, -0.05) is 84.9 Å². The van der Waals surface area contributed by atoms with Crippen molar-refractivity contribution >= 4 is 93.1 Å². The highest BCUT2D eigenvalue weighted by Crippen LogP contribution is 2.44. The van der Waals surface area contributed by atoms with Crippen LogP contribution in [-0.2, 0) is 9.31 Å². The smallest absolute Gasteiger partial charge is 0.399 e. The van der Waals surface area contributed by atoms with Crippen molar-refractivity contribution in [1.29, 1.82) is 0 Å². The summed E-state index contributed by atoms with van der Waals surface area (Å²) in [6, 6.07) is 41.9. The molecule has 47 heavy (non-hydrogen) atoms. The molecule has 0 unspecified atom stereocenters. The molecule has 1 saturated heterocycles. The van der Waals surface area contributed by atoms with Crippen LogP contribution < -0.4 is 5.46 Å². The fraction of sp³-hybridized carbons (Fsp3) is 0.146. The lowest BCUT2D eigenvalue weighted by Crippen LogP contribution is -2.41. The van der Waals surface area contributed by atoms with E-state index in [4.69, 9.17) is 14.3 Å². The molecule has 226 valence electrons. The average molecular weight is 627 g/mol. The zero-order valence-corrected chi connectivity index (χ0v) is 27.5. The molecule has 6 aromatic carbocycles. The molecule has 3 aromatic heterocycles. The van der Waals surface area contributed by atoms with Crippen molar-refractivity contribution in [2.75, 3.05) is 0 Å². The first-order valence-corrected chi connectivity index (χ1v) is 17.0. The summed E-state index contributed by atoms with van der Waals surface area (Å²) in [5.74, 6) is 0. The van der Waals surface area contributed by atoms with E-state index in [-0.39, 0.29) is 11.2 Å². The third-order valence-corrected chi connectivity index (χ3v) is 11.7. The van der Waals surface area contributed by atoms with Gasteiger partial charge in [-0.3, -0.25) is 4.40 Å². The maximum absolute atomic E-state index is 6.38. The van der Waals surface area contributed by atoms with Gasteiger partial charge in [-0.15, -0.1) is 11.3 Å². The summed E-state index contributed by atoms with van der Waals surface area (Å²) in [6.07, 6.45) is 0. The molecular weight excluding hydrogens is 595 g/mol. The zero-order chi connectivity index (χ0) is 31.7. The molecular formula is C41H31BN2O2S. The Labute approximate surface area is 276 Å². The lowest BCUT2D eigenvalue weighted by atomic mass is 9.78. The molecule has 0 N–H and O–H groups in total. The van der Waals surface area contributed by atoms with Crippen LogP contribution in [0.15, 0.2) is 115 Å². The van der Waals surface area contributed by atoms with Crippen LogP contribution in [0.2, 0.25) is 0 Å². The number of aromatic nitrogens is 2. The number of rotatable bonds is 2. The van der Waals surface area contributed by atoms with E-state index in [2.05, 4.69) is 147 Å². The number of pyridine rings is 1. The van der Waals surface area contributed by atoms with Crippen molar-refractivity contribution in [3.05, 3.63) is 115 Å². The SMILES string of the molecule is CC1(C)OB(c2ccc(-c3cc4c(sc5ccc6ccccc6c54)c4nc5c6cc7ccccc7cc6ccc5n34)cc2)OC1(C)C. The monoisotopic (exact) mass is 626 g/mol. The summed E-state index contributed by atoms with van der Waals surface area (Å²) >= 11 is 1.84. The number of thiophene rings is 1. The predicted octanol–water partition coefficient (Wildman–Crippen LogP) is 10.3. The van der Waals surface area contributed by atoms with Gasteiger partial charge in [-0.05, 0) is 96.0 Å². The Morgan fingerprint density at radius 1 is 0.638 bits per heavy atom. The largest absolute Gasteiger partial charge is 0.494 e. The first-order valence-electron chi connectivity index (χ1n) is 16.2. The van der Waals surface area contributed by atoms with Gasteiger partial charge >= 0.3 is 7.12 Å². The van der Waals surface area contributed by atoms with Gasteiger partial charge in [-0.2, -0.15) is 0 Å². The van der Waals surface area contributed by atoms with Gasteiger partial charge in [0.05, 0.1) is 32.6 Å². The molecule has 10 rings (SSSR count). The zero-order valence-electron chi connectivity index (χ0n) is 26.7. The normalized spacial score (nSPS) is 16.2. The molecule has 6 heteroatoms. The topological polar surface area (TPSA) is 35.8 Å². The van der Waals surface area contributed by atoms with E-state index < -0.39 is 7.12 Å². The second-order valence-corrected chi connectivity index (χ2v) is 14.9. The minimum atomic E-state index is -0.404. The summed E-state index contributed by atoms with van der Waals surface area (Å²) in [4.78, 5) is 5.49. The molecule has 0 radical (unpaired) electrons. The van der Waals surface area contributed by atoms with Crippen LogP contribution in [0.1, 0.15) is 27.7 Å². The molecule has 9 aromatic rings. The van der Waals surface area contributed by atoms with Crippen LogP contribution in [-0.4, -0.2) is 27.7 Å². The van der Waals surface area contributed by atoms with Gasteiger partial charge in [0, 0.05) is 20.9 Å². The van der Waals surface area contributed by atoms with E-state index in [0.29, 0.717) is 0 Å². The number of imidazole rings is 1. The third-order valence-electron chi connectivity index (χ3n) is 10.6. The summed E-state index contributed by atoms with van der Waals surface area (Å²) in [7, 11) is -0.404. The Morgan fingerprint density at radius 2 is 1.32 bits per heavy atom. The van der Waals surface area contributed by atoms with Crippen LogP contribution in [0.5, 0.6) is 0 Å². The lowest BCUT2D eigenvalue weighted by Gasteiger charge is -2.32. The molecule has 0 amide bonds. The highest BCUT2D eigenvalue weighted by molar-refractivity contribution is 7.26. The summed E-state index contributed by atoms with van der Waals surface area (Å²) in [5.41, 5.74) is 5.60. The molecule has 0 spiro atoms. The molecule has 1 fully saturated rings. The average Bonchev–Trinajstić information content (AvgIpc) is 3.72. The van der Waals surface area contributed by atoms with Gasteiger partial charge in [0.2, 0.25) is 0 Å². The van der Waals surface area contributed by atoms with Crippen molar-refractivity contribution in [2.24, 2.45) is 0 Å². The van der Waals surface area contributed by atoms with Crippen molar-refractivity contribution in [2.45, 2.75) is 38.9 Å². The summed E-state index contributed by atoms with van der Waals surface area (Å²) < 4.78 is 17.6. The van der Waals surface area contributed by atoms with Crippen LogP contribution in [0.25, 0.3) is 80.4 Å². The Kier molecular flexibility index (Phi) is 5.49. The van der Waals surface area contributed by atoms with E-state index in [9.17, 15) is 0 Å². The number of hydrogen-bond donors (Lipinski definition) is 0. The molecule has 1 aliphatic heterocycles. The number of hydrogen-bond acceptors (Lipinski definition) is 4. The predicted molar refractivity (Wildman–Crippen MR) is 199 cm³/mol.